The van der Waals surface area contributed by atoms with Gasteiger partial charge in [0.15, 0.2) is 0 Å². The van der Waals surface area contributed by atoms with Crippen molar-refractivity contribution in [3.63, 3.8) is 0 Å². The van der Waals surface area contributed by atoms with Crippen molar-refractivity contribution in [1.82, 2.24) is 0 Å². The normalized spacial score (nSPS) is 26.5. The Balaban J connectivity index is 2.33. The van der Waals surface area contributed by atoms with E-state index in [0.29, 0.717) is 10.0 Å². The zero-order valence-electron chi connectivity index (χ0n) is 7.88. The maximum absolute atomic E-state index is 11.1. The van der Waals surface area contributed by atoms with Gasteiger partial charge in [-0.25, -0.2) is 0 Å². The first-order valence-corrected chi connectivity index (χ1v) is 5.99. The summed E-state index contributed by atoms with van der Waals surface area (Å²) < 4.78 is -1.14. The maximum Gasteiger partial charge on any atom is 0.224 e. The van der Waals surface area contributed by atoms with Crippen LogP contribution >= 0.6 is 46.4 Å². The van der Waals surface area contributed by atoms with Crippen molar-refractivity contribution in [2.24, 2.45) is 11.7 Å². The van der Waals surface area contributed by atoms with Crippen LogP contribution in [0.1, 0.15) is 11.5 Å². The van der Waals surface area contributed by atoms with Crippen LogP contribution in [-0.4, -0.2) is 10.2 Å². The van der Waals surface area contributed by atoms with E-state index in [9.17, 15) is 4.79 Å². The molecule has 16 heavy (non-hydrogen) atoms. The summed E-state index contributed by atoms with van der Waals surface area (Å²) in [5.41, 5.74) is 5.97. The Hall–Kier alpha value is -0.150. The topological polar surface area (TPSA) is 43.1 Å². The third kappa shape index (κ3) is 1.88. The van der Waals surface area contributed by atoms with E-state index in [0.717, 1.165) is 5.56 Å². The number of carbonyl (C=O) groups is 1. The molecule has 2 nitrogen and oxygen atoms in total. The fourth-order valence-corrected chi connectivity index (χ4v) is 2.95. The average Bonchev–Trinajstić information content (AvgIpc) is 2.74. The van der Waals surface area contributed by atoms with Crippen LogP contribution in [-0.2, 0) is 4.79 Å². The summed E-state index contributed by atoms with van der Waals surface area (Å²) in [6.07, 6.45) is 0. The van der Waals surface area contributed by atoms with Crippen molar-refractivity contribution in [2.75, 3.05) is 0 Å². The van der Waals surface area contributed by atoms with Crippen LogP contribution in [0.3, 0.4) is 0 Å². The summed E-state index contributed by atoms with van der Waals surface area (Å²) in [6, 6.07) is 5.03. The Kier molecular flexibility index (Phi) is 3.04. The lowest BCUT2D eigenvalue weighted by molar-refractivity contribution is -0.119. The Labute approximate surface area is 113 Å². The van der Waals surface area contributed by atoms with Crippen LogP contribution in [0.25, 0.3) is 0 Å². The van der Waals surface area contributed by atoms with Crippen LogP contribution in [0, 0.1) is 5.92 Å². The molecule has 86 valence electrons. The van der Waals surface area contributed by atoms with Gasteiger partial charge in [-0.15, -0.1) is 23.2 Å². The maximum atomic E-state index is 11.1. The largest absolute Gasteiger partial charge is 0.369 e. The fraction of sp³-hybridized carbons (Fsp3) is 0.300. The molecule has 2 N–H and O–H groups in total. The van der Waals surface area contributed by atoms with Crippen molar-refractivity contribution >= 4 is 52.3 Å². The Morgan fingerprint density at radius 3 is 2.31 bits per heavy atom. The predicted molar refractivity (Wildman–Crippen MR) is 66.3 cm³/mol. The standard InChI is InChI=1S/C10H7Cl4NO/c11-5-2-1-4(3-6(5)12)7-8(9(15)16)10(7,13)14/h1-3,7-8H,(H2,15,16)/t7-,8+/m0/s1. The van der Waals surface area contributed by atoms with Crippen molar-refractivity contribution in [3.05, 3.63) is 33.8 Å². The summed E-state index contributed by atoms with van der Waals surface area (Å²) in [7, 11) is 0. The smallest absolute Gasteiger partial charge is 0.224 e. The van der Waals surface area contributed by atoms with Gasteiger partial charge in [0.1, 0.15) is 4.33 Å². The number of hydrogen-bond donors (Lipinski definition) is 1. The van der Waals surface area contributed by atoms with E-state index in [4.69, 9.17) is 52.1 Å². The highest BCUT2D eigenvalue weighted by atomic mass is 35.5. The van der Waals surface area contributed by atoms with Crippen LogP contribution in [0.15, 0.2) is 18.2 Å². The van der Waals surface area contributed by atoms with E-state index in [2.05, 4.69) is 0 Å². The Bertz CT molecular complexity index is 460. The summed E-state index contributed by atoms with van der Waals surface area (Å²) in [4.78, 5) is 11.1. The lowest BCUT2D eigenvalue weighted by Gasteiger charge is -2.02. The lowest BCUT2D eigenvalue weighted by Crippen LogP contribution is -2.16. The highest BCUT2D eigenvalue weighted by molar-refractivity contribution is 6.53. The van der Waals surface area contributed by atoms with Crippen LogP contribution in [0.4, 0.5) is 0 Å². The number of amides is 1. The number of halogens is 4. The fourth-order valence-electron chi connectivity index (χ4n) is 1.80. The molecule has 0 aliphatic heterocycles. The third-order valence-electron chi connectivity index (χ3n) is 2.66. The zero-order chi connectivity index (χ0) is 12.1. The molecule has 0 spiro atoms. The molecule has 1 aliphatic carbocycles. The quantitative estimate of drug-likeness (QED) is 0.836. The molecule has 1 aromatic rings. The third-order valence-corrected chi connectivity index (χ3v) is 4.34. The molecule has 1 saturated carbocycles. The average molecular weight is 299 g/mol. The second-order valence-corrected chi connectivity index (χ2v) is 5.96. The first kappa shape index (κ1) is 12.3. The summed E-state index contributed by atoms with van der Waals surface area (Å²) >= 11 is 23.6. The molecule has 1 fully saturated rings. The minimum Gasteiger partial charge on any atom is -0.369 e. The highest BCUT2D eigenvalue weighted by Crippen LogP contribution is 2.64. The molecule has 0 radical (unpaired) electrons. The molecule has 1 aliphatic rings. The van der Waals surface area contributed by atoms with Crippen molar-refractivity contribution in [3.8, 4) is 0 Å². The first-order chi connectivity index (χ1) is 7.35. The molecule has 0 aromatic heterocycles. The molecule has 0 heterocycles. The minimum atomic E-state index is -1.14. The number of rotatable bonds is 2. The number of primary amides is 1. The van der Waals surface area contributed by atoms with Gasteiger partial charge in [0, 0.05) is 5.92 Å². The van der Waals surface area contributed by atoms with Crippen LogP contribution in [0.5, 0.6) is 0 Å². The minimum absolute atomic E-state index is 0.317. The number of hydrogen-bond acceptors (Lipinski definition) is 1. The molecular weight excluding hydrogens is 292 g/mol. The summed E-state index contributed by atoms with van der Waals surface area (Å²) in [5.74, 6) is -1.41. The molecular formula is C10H7Cl4NO. The van der Waals surface area contributed by atoms with E-state index in [-0.39, 0.29) is 5.92 Å². The van der Waals surface area contributed by atoms with E-state index in [1.54, 1.807) is 18.2 Å². The second-order valence-electron chi connectivity index (χ2n) is 3.71. The van der Waals surface area contributed by atoms with E-state index in [1.807, 2.05) is 0 Å². The van der Waals surface area contributed by atoms with Gasteiger partial charge in [0.25, 0.3) is 0 Å². The van der Waals surface area contributed by atoms with Crippen molar-refractivity contribution < 1.29 is 4.79 Å². The monoisotopic (exact) mass is 297 g/mol. The van der Waals surface area contributed by atoms with Gasteiger partial charge in [0.2, 0.25) is 5.91 Å². The van der Waals surface area contributed by atoms with Gasteiger partial charge < -0.3 is 5.73 Å². The van der Waals surface area contributed by atoms with Gasteiger partial charge in [-0.2, -0.15) is 0 Å². The first-order valence-electron chi connectivity index (χ1n) is 4.47. The number of nitrogens with two attached hydrogens (primary N) is 1. The predicted octanol–water partition coefficient (Wildman–Crippen LogP) is 3.37. The van der Waals surface area contributed by atoms with Gasteiger partial charge in [-0.1, -0.05) is 29.3 Å². The second kappa shape index (κ2) is 3.95. The SMILES string of the molecule is NC(=O)[C@H]1[C@H](c2ccc(Cl)c(Cl)c2)C1(Cl)Cl. The number of carbonyl (C=O) groups excluding carboxylic acids is 1. The molecule has 2 atom stereocenters. The Morgan fingerprint density at radius 2 is 1.88 bits per heavy atom. The zero-order valence-corrected chi connectivity index (χ0v) is 10.9. The van der Waals surface area contributed by atoms with Gasteiger partial charge in [0.05, 0.1) is 16.0 Å². The summed E-state index contributed by atoms with van der Waals surface area (Å²) in [5, 5.41) is 0.842. The van der Waals surface area contributed by atoms with E-state index >= 15 is 0 Å². The molecule has 1 aromatic carbocycles. The number of benzene rings is 1. The van der Waals surface area contributed by atoms with Gasteiger partial charge in [-0.05, 0) is 17.7 Å². The van der Waals surface area contributed by atoms with Crippen LogP contribution < -0.4 is 5.73 Å². The molecule has 6 heteroatoms. The summed E-state index contributed by atoms with van der Waals surface area (Å²) in [6.45, 7) is 0. The Morgan fingerprint density at radius 1 is 1.25 bits per heavy atom. The molecule has 0 saturated heterocycles. The highest BCUT2D eigenvalue weighted by Gasteiger charge is 2.67. The van der Waals surface area contributed by atoms with Crippen LogP contribution in [0.2, 0.25) is 10.0 Å². The van der Waals surface area contributed by atoms with E-state index in [1.165, 1.54) is 0 Å². The molecule has 0 unspecified atom stereocenters. The molecule has 0 bridgehead atoms. The lowest BCUT2D eigenvalue weighted by atomic mass is 10.1. The van der Waals surface area contributed by atoms with Gasteiger partial charge in [-0.3, -0.25) is 4.79 Å². The van der Waals surface area contributed by atoms with Gasteiger partial charge >= 0.3 is 0 Å². The molecule has 1 amide bonds. The number of alkyl halides is 2. The van der Waals surface area contributed by atoms with E-state index < -0.39 is 16.2 Å². The van der Waals surface area contributed by atoms with Crippen molar-refractivity contribution in [2.45, 2.75) is 10.3 Å². The molecule has 2 rings (SSSR count). The van der Waals surface area contributed by atoms with Crippen molar-refractivity contribution in [1.29, 1.82) is 0 Å².